The first-order valence-electron chi connectivity index (χ1n) is 11.9. The van der Waals surface area contributed by atoms with Gasteiger partial charge in [0, 0.05) is 24.1 Å². The molecule has 0 aliphatic carbocycles. The molecule has 31 heavy (non-hydrogen) atoms. The largest absolute Gasteiger partial charge is 0.491 e. The van der Waals surface area contributed by atoms with E-state index in [0.717, 1.165) is 12.3 Å². The molecule has 160 valence electrons. The number of nitrogens with zero attached hydrogens (tertiary/aromatic N) is 2. The molecule has 0 saturated carbocycles. The van der Waals surface area contributed by atoms with Gasteiger partial charge in [-0.25, -0.2) is 9.37 Å². The van der Waals surface area contributed by atoms with Gasteiger partial charge in [0.2, 0.25) is 11.9 Å². The van der Waals surface area contributed by atoms with E-state index < -0.39 is 31.9 Å². The fraction of sp³-hybridized carbons (Fsp3) is 0.136. The zero-order valence-electron chi connectivity index (χ0n) is 22.1. The fourth-order valence-corrected chi connectivity index (χ4v) is 2.37. The molecule has 1 aromatic heterocycles. The lowest BCUT2D eigenvalue weighted by atomic mass is 10.2. The standard InChI is InChI=1S/C22H22FN5O3/c1-3-20(29)25-16-5-4-6-17(13-16)26-21-19(23)14-24-22(28-21)27-15-7-9-18(10-8-15)31-12-11-30-2/h3-10,13-14H,1,11-12H2,2H3,(H,25,29)(H2,24,26,27,28)/i2D3,4D,11D2. The van der Waals surface area contributed by atoms with Crippen LogP contribution in [0.15, 0.2) is 67.4 Å². The summed E-state index contributed by atoms with van der Waals surface area (Å²) in [6.07, 6.45) is 2.03. The van der Waals surface area contributed by atoms with Crippen LogP contribution in [0.25, 0.3) is 0 Å². The Morgan fingerprint density at radius 1 is 1.26 bits per heavy atom. The second-order valence-corrected chi connectivity index (χ2v) is 5.90. The number of methoxy groups -OCH3 is 1. The number of anilines is 5. The van der Waals surface area contributed by atoms with E-state index in [0.29, 0.717) is 17.1 Å². The first-order chi connectivity index (χ1) is 17.3. The zero-order chi connectivity index (χ0) is 27.2. The van der Waals surface area contributed by atoms with Crippen molar-refractivity contribution >= 4 is 34.7 Å². The maximum absolute atomic E-state index is 14.4. The highest BCUT2D eigenvalue weighted by Crippen LogP contribution is 2.23. The Morgan fingerprint density at radius 2 is 2.06 bits per heavy atom. The summed E-state index contributed by atoms with van der Waals surface area (Å²) in [5.41, 5.74) is 1.11. The highest BCUT2D eigenvalue weighted by molar-refractivity contribution is 5.99. The minimum Gasteiger partial charge on any atom is -0.491 e. The van der Waals surface area contributed by atoms with Gasteiger partial charge in [0.1, 0.15) is 12.4 Å². The van der Waals surface area contributed by atoms with Crippen LogP contribution in [0, 0.1) is 5.82 Å². The number of halogens is 1. The van der Waals surface area contributed by atoms with Gasteiger partial charge in [-0.15, -0.1) is 0 Å². The van der Waals surface area contributed by atoms with Crippen LogP contribution in [0.1, 0.15) is 8.22 Å². The molecule has 0 radical (unpaired) electrons. The SMILES string of the molecule is [2H]c1cc(NC(=O)C=C)cc(Nc2nc(Nc3ccc(OCC([2H])([2H])OC([2H])([2H])[2H])cc3)ncc2F)c1. The molecule has 0 spiro atoms. The van der Waals surface area contributed by atoms with Crippen LogP contribution in [0.4, 0.5) is 33.2 Å². The summed E-state index contributed by atoms with van der Waals surface area (Å²) < 4.78 is 68.0. The van der Waals surface area contributed by atoms with E-state index >= 15 is 0 Å². The number of carbonyl (C=O) groups is 1. The van der Waals surface area contributed by atoms with Crippen LogP contribution < -0.4 is 20.7 Å². The van der Waals surface area contributed by atoms with Crippen molar-refractivity contribution < 1.29 is 26.9 Å². The third kappa shape index (κ3) is 6.51. The molecule has 0 unspecified atom stereocenters. The van der Waals surface area contributed by atoms with Gasteiger partial charge < -0.3 is 25.4 Å². The highest BCUT2D eigenvalue weighted by Gasteiger charge is 2.09. The number of nitrogens with one attached hydrogen (secondary N) is 3. The summed E-state index contributed by atoms with van der Waals surface area (Å²) >= 11 is 0. The number of rotatable bonds is 10. The smallest absolute Gasteiger partial charge is 0.247 e. The molecule has 1 amide bonds. The van der Waals surface area contributed by atoms with E-state index in [9.17, 15) is 9.18 Å². The van der Waals surface area contributed by atoms with Gasteiger partial charge in [0.15, 0.2) is 11.6 Å². The molecule has 0 aliphatic heterocycles. The third-order valence-corrected chi connectivity index (χ3v) is 3.73. The van der Waals surface area contributed by atoms with E-state index in [-0.39, 0.29) is 23.6 Å². The normalized spacial score (nSPS) is 14.0. The quantitative estimate of drug-likeness (QED) is 0.415. The van der Waals surface area contributed by atoms with E-state index in [1.165, 1.54) is 30.3 Å². The lowest BCUT2D eigenvalue weighted by molar-refractivity contribution is -0.111. The molecule has 0 atom stereocenters. The van der Waals surface area contributed by atoms with Crippen molar-refractivity contribution in [3.05, 3.63) is 73.2 Å². The van der Waals surface area contributed by atoms with Crippen molar-refractivity contribution in [3.8, 4) is 5.75 Å². The summed E-state index contributed by atoms with van der Waals surface area (Å²) in [7, 11) is -2.91. The lowest BCUT2D eigenvalue weighted by Crippen LogP contribution is -2.07. The van der Waals surface area contributed by atoms with Crippen molar-refractivity contribution in [2.45, 2.75) is 0 Å². The summed E-state index contributed by atoms with van der Waals surface area (Å²) in [5, 5.41) is 8.17. The number of benzene rings is 2. The van der Waals surface area contributed by atoms with Gasteiger partial charge in [-0.3, -0.25) is 4.79 Å². The Bertz CT molecular complexity index is 1270. The van der Waals surface area contributed by atoms with Crippen molar-refractivity contribution in [2.75, 3.05) is 36.2 Å². The molecule has 3 rings (SSSR count). The Balaban J connectivity index is 1.67. The molecule has 0 fully saturated rings. The first kappa shape index (κ1) is 14.9. The predicted octanol–water partition coefficient (Wildman–Crippen LogP) is 4.25. The molecule has 3 aromatic rings. The maximum Gasteiger partial charge on any atom is 0.247 e. The number of ether oxygens (including phenoxy) is 2. The molecular weight excluding hydrogens is 401 g/mol. The van der Waals surface area contributed by atoms with Crippen LogP contribution in [0.2, 0.25) is 0 Å². The van der Waals surface area contributed by atoms with Gasteiger partial charge in [-0.1, -0.05) is 12.6 Å². The van der Waals surface area contributed by atoms with Crippen LogP contribution >= 0.6 is 0 Å². The van der Waals surface area contributed by atoms with Crippen LogP contribution in [0.5, 0.6) is 5.75 Å². The Labute approximate surface area is 187 Å². The Morgan fingerprint density at radius 3 is 2.84 bits per heavy atom. The zero-order valence-corrected chi connectivity index (χ0v) is 16.1. The van der Waals surface area contributed by atoms with Crippen LogP contribution in [-0.2, 0) is 9.53 Å². The average molecular weight is 429 g/mol. The van der Waals surface area contributed by atoms with Crippen molar-refractivity contribution in [1.82, 2.24) is 9.97 Å². The number of carbonyl (C=O) groups excluding carboxylic acids is 1. The monoisotopic (exact) mass is 429 g/mol. The fourth-order valence-electron chi connectivity index (χ4n) is 2.37. The number of aromatic nitrogens is 2. The van der Waals surface area contributed by atoms with Crippen LogP contribution in [0.3, 0.4) is 0 Å². The summed E-state index contributed by atoms with van der Waals surface area (Å²) in [5.74, 6) is -1.10. The third-order valence-electron chi connectivity index (χ3n) is 3.73. The van der Waals surface area contributed by atoms with Crippen molar-refractivity contribution in [2.24, 2.45) is 0 Å². The number of hydrogen-bond donors (Lipinski definition) is 3. The Kier molecular flexibility index (Phi) is 5.15. The van der Waals surface area contributed by atoms with Crippen molar-refractivity contribution in [3.63, 3.8) is 0 Å². The number of amides is 1. The van der Waals surface area contributed by atoms with E-state index in [4.69, 9.17) is 13.0 Å². The summed E-state index contributed by atoms with van der Waals surface area (Å²) in [6.45, 7) is 0.198. The van der Waals surface area contributed by atoms with Gasteiger partial charge in [0.25, 0.3) is 0 Å². The van der Waals surface area contributed by atoms with Gasteiger partial charge >= 0.3 is 0 Å². The molecule has 8 nitrogen and oxygen atoms in total. The molecule has 9 heteroatoms. The van der Waals surface area contributed by atoms with Gasteiger partial charge in [-0.2, -0.15) is 4.98 Å². The van der Waals surface area contributed by atoms with E-state index in [2.05, 4.69) is 37.2 Å². The number of hydrogen-bond acceptors (Lipinski definition) is 7. The summed E-state index contributed by atoms with van der Waals surface area (Å²) in [4.78, 5) is 19.5. The maximum atomic E-state index is 14.4. The van der Waals surface area contributed by atoms with Gasteiger partial charge in [0.05, 0.1) is 21.0 Å². The average Bonchev–Trinajstić information content (AvgIpc) is 2.79. The molecule has 0 bridgehead atoms. The second kappa shape index (κ2) is 10.7. The molecule has 3 N–H and O–H groups in total. The molecule has 2 aromatic carbocycles. The van der Waals surface area contributed by atoms with Gasteiger partial charge in [-0.05, 0) is 48.5 Å². The van der Waals surface area contributed by atoms with Crippen molar-refractivity contribution in [1.29, 1.82) is 0 Å². The first-order valence-corrected chi connectivity index (χ1v) is 8.87. The predicted molar refractivity (Wildman–Crippen MR) is 118 cm³/mol. The lowest BCUT2D eigenvalue weighted by Gasteiger charge is -2.11. The minimum atomic E-state index is -2.91. The molecule has 0 aliphatic rings. The Hall–Kier alpha value is -3.98. The second-order valence-electron chi connectivity index (χ2n) is 5.90. The minimum absolute atomic E-state index is 0.0437. The highest BCUT2D eigenvalue weighted by atomic mass is 19.1. The molecule has 1 heterocycles. The van der Waals surface area contributed by atoms with E-state index in [1.54, 1.807) is 12.1 Å². The molecular formula is C22H22FN5O3. The van der Waals surface area contributed by atoms with Crippen LogP contribution in [-0.4, -0.2) is 36.1 Å². The summed E-state index contributed by atoms with van der Waals surface area (Å²) in [6, 6.07) is 10.5. The topological polar surface area (TPSA) is 97.4 Å². The van der Waals surface area contributed by atoms with E-state index in [1.807, 2.05) is 0 Å². The molecule has 0 saturated heterocycles.